The average molecular weight is 354 g/mol. The normalized spacial score (nSPS) is 10.3. The fourth-order valence-corrected chi connectivity index (χ4v) is 2.20. The lowest BCUT2D eigenvalue weighted by Crippen LogP contribution is -2.25. The van der Waals surface area contributed by atoms with Gasteiger partial charge >= 0.3 is 0 Å². The molecule has 130 valence electrons. The Morgan fingerprint density at radius 1 is 1.12 bits per heavy atom. The molecule has 1 aromatic heterocycles. The van der Waals surface area contributed by atoms with Crippen LogP contribution in [0.25, 0.3) is 5.69 Å². The molecule has 26 heavy (non-hydrogen) atoms. The number of carbonyl (C=O) groups excluding carboxylic acids is 1. The van der Waals surface area contributed by atoms with Crippen molar-refractivity contribution in [2.45, 2.75) is 0 Å². The molecule has 0 saturated carbocycles. The molecule has 3 rings (SSSR count). The molecule has 1 heterocycles. The predicted octanol–water partition coefficient (Wildman–Crippen LogP) is 2.53. The molecule has 0 spiro atoms. The predicted molar refractivity (Wildman–Crippen MR) is 90.8 cm³/mol. The third kappa shape index (κ3) is 3.46. The summed E-state index contributed by atoms with van der Waals surface area (Å²) in [6.07, 6.45) is 0. The molecule has 0 radical (unpaired) electrons. The maximum Gasteiger partial charge on any atom is 0.276 e. The summed E-state index contributed by atoms with van der Waals surface area (Å²) in [4.78, 5) is 34.4. The van der Waals surface area contributed by atoms with Gasteiger partial charge in [-0.1, -0.05) is 18.2 Å². The van der Waals surface area contributed by atoms with Crippen LogP contribution in [-0.2, 0) is 0 Å². The Kier molecular flexibility index (Phi) is 4.52. The highest BCUT2D eigenvalue weighted by molar-refractivity contribution is 6.02. The van der Waals surface area contributed by atoms with E-state index in [9.17, 15) is 24.1 Å². The van der Waals surface area contributed by atoms with E-state index in [2.05, 4.69) is 10.4 Å². The number of amides is 1. The molecule has 1 N–H and O–H groups in total. The smallest absolute Gasteiger partial charge is 0.276 e. The lowest BCUT2D eigenvalue weighted by molar-refractivity contribution is -0.384. The number of nitro benzene ring substituents is 1. The van der Waals surface area contributed by atoms with Crippen LogP contribution in [0.5, 0.6) is 0 Å². The number of benzene rings is 2. The summed E-state index contributed by atoms with van der Waals surface area (Å²) in [5, 5.41) is 17.0. The topological polar surface area (TPSA) is 107 Å². The monoisotopic (exact) mass is 354 g/mol. The Bertz CT molecular complexity index is 1050. The van der Waals surface area contributed by atoms with Crippen LogP contribution in [0.15, 0.2) is 65.5 Å². The van der Waals surface area contributed by atoms with Crippen molar-refractivity contribution in [1.29, 1.82) is 0 Å². The minimum atomic E-state index is -0.833. The third-order valence-electron chi connectivity index (χ3n) is 3.44. The maximum atomic E-state index is 13.8. The highest BCUT2D eigenvalue weighted by atomic mass is 19.1. The van der Waals surface area contributed by atoms with Gasteiger partial charge in [0.2, 0.25) is 0 Å². The summed E-state index contributed by atoms with van der Waals surface area (Å²) in [6.45, 7) is 0. The number of nitrogens with zero attached hydrogens (tertiary/aromatic N) is 3. The van der Waals surface area contributed by atoms with Crippen LogP contribution < -0.4 is 10.9 Å². The SMILES string of the molecule is O=C(Nc1cc([N+](=O)[O-])ccc1F)c1ccc(=O)n(-c2ccccc2)n1. The zero-order valence-corrected chi connectivity index (χ0v) is 13.1. The van der Waals surface area contributed by atoms with Gasteiger partial charge < -0.3 is 5.32 Å². The molecule has 2 aromatic carbocycles. The first kappa shape index (κ1) is 17.0. The molecule has 1 amide bonds. The number of hydrogen-bond acceptors (Lipinski definition) is 5. The number of hydrogen-bond donors (Lipinski definition) is 1. The van der Waals surface area contributed by atoms with Crippen LogP contribution in [0, 0.1) is 15.9 Å². The first-order valence-corrected chi connectivity index (χ1v) is 7.37. The first-order chi connectivity index (χ1) is 12.5. The fourth-order valence-electron chi connectivity index (χ4n) is 2.20. The van der Waals surface area contributed by atoms with Gasteiger partial charge in [0.25, 0.3) is 17.2 Å². The van der Waals surface area contributed by atoms with Crippen molar-refractivity contribution in [2.24, 2.45) is 0 Å². The van der Waals surface area contributed by atoms with Crippen molar-refractivity contribution >= 4 is 17.3 Å². The lowest BCUT2D eigenvalue weighted by atomic mass is 10.2. The van der Waals surface area contributed by atoms with Gasteiger partial charge in [0.05, 0.1) is 16.3 Å². The zero-order valence-electron chi connectivity index (χ0n) is 13.1. The van der Waals surface area contributed by atoms with E-state index < -0.39 is 22.2 Å². The van der Waals surface area contributed by atoms with Gasteiger partial charge in [-0.2, -0.15) is 9.78 Å². The summed E-state index contributed by atoms with van der Waals surface area (Å²) < 4.78 is 14.8. The molecule has 0 unspecified atom stereocenters. The minimum absolute atomic E-state index is 0.153. The number of aromatic nitrogens is 2. The zero-order chi connectivity index (χ0) is 18.7. The molecule has 0 aliphatic rings. The van der Waals surface area contributed by atoms with Crippen molar-refractivity contribution in [2.75, 3.05) is 5.32 Å². The highest BCUT2D eigenvalue weighted by Crippen LogP contribution is 2.21. The third-order valence-corrected chi connectivity index (χ3v) is 3.44. The number of carbonyl (C=O) groups is 1. The van der Waals surface area contributed by atoms with Crippen molar-refractivity contribution in [3.63, 3.8) is 0 Å². The van der Waals surface area contributed by atoms with Gasteiger partial charge in [-0.05, 0) is 24.3 Å². The molecular weight excluding hydrogens is 343 g/mol. The highest BCUT2D eigenvalue weighted by Gasteiger charge is 2.16. The number of rotatable bonds is 4. The van der Waals surface area contributed by atoms with Gasteiger partial charge in [-0.25, -0.2) is 4.39 Å². The van der Waals surface area contributed by atoms with Crippen molar-refractivity contribution in [3.8, 4) is 5.69 Å². The molecule has 0 bridgehead atoms. The molecule has 0 atom stereocenters. The molecule has 9 heteroatoms. The molecule has 0 fully saturated rings. The molecule has 0 saturated heterocycles. The Balaban J connectivity index is 1.93. The van der Waals surface area contributed by atoms with Crippen molar-refractivity contribution < 1.29 is 14.1 Å². The summed E-state index contributed by atoms with van der Waals surface area (Å²) in [7, 11) is 0. The van der Waals surface area contributed by atoms with E-state index in [0.717, 1.165) is 28.9 Å². The molecule has 0 aliphatic carbocycles. The fraction of sp³-hybridized carbons (Fsp3) is 0. The minimum Gasteiger partial charge on any atom is -0.318 e. The van der Waals surface area contributed by atoms with Crippen LogP contribution in [0.2, 0.25) is 0 Å². The van der Waals surface area contributed by atoms with Gasteiger partial charge in [-0.3, -0.25) is 19.7 Å². The molecular formula is C17H11FN4O4. The van der Waals surface area contributed by atoms with E-state index in [0.29, 0.717) is 5.69 Å². The molecule has 3 aromatic rings. The number of non-ortho nitro benzene ring substituents is 1. The summed E-state index contributed by atoms with van der Waals surface area (Å²) in [5.74, 6) is -1.64. The van der Waals surface area contributed by atoms with E-state index in [1.54, 1.807) is 30.3 Å². The van der Waals surface area contributed by atoms with Gasteiger partial charge in [0.15, 0.2) is 0 Å². The molecule has 8 nitrogen and oxygen atoms in total. The molecule has 0 aliphatic heterocycles. The number of para-hydroxylation sites is 1. The van der Waals surface area contributed by atoms with Crippen LogP contribution in [0.1, 0.15) is 10.5 Å². The number of nitrogens with one attached hydrogen (secondary N) is 1. The van der Waals surface area contributed by atoms with Crippen LogP contribution in [-0.4, -0.2) is 20.6 Å². The van der Waals surface area contributed by atoms with Gasteiger partial charge in [-0.15, -0.1) is 0 Å². The standard InChI is InChI=1S/C17H11FN4O4/c18-13-7-6-12(22(25)26)10-15(13)19-17(24)14-8-9-16(23)21(20-14)11-4-2-1-3-5-11/h1-10H,(H,19,24). The number of anilines is 1. The summed E-state index contributed by atoms with van der Waals surface area (Å²) in [5.41, 5.74) is -0.880. The van der Waals surface area contributed by atoms with E-state index in [-0.39, 0.29) is 17.1 Å². The summed E-state index contributed by atoms with van der Waals surface area (Å²) >= 11 is 0. The van der Waals surface area contributed by atoms with E-state index in [1.807, 2.05) is 0 Å². The van der Waals surface area contributed by atoms with Crippen LogP contribution >= 0.6 is 0 Å². The van der Waals surface area contributed by atoms with E-state index in [4.69, 9.17) is 0 Å². The van der Waals surface area contributed by atoms with E-state index in [1.165, 1.54) is 6.07 Å². The van der Waals surface area contributed by atoms with Crippen molar-refractivity contribution in [3.05, 3.63) is 92.6 Å². The number of nitro groups is 1. The second-order valence-electron chi connectivity index (χ2n) is 5.18. The first-order valence-electron chi connectivity index (χ1n) is 7.37. The maximum absolute atomic E-state index is 13.8. The average Bonchev–Trinajstić information content (AvgIpc) is 2.64. The van der Waals surface area contributed by atoms with E-state index >= 15 is 0 Å². The Hall–Kier alpha value is -3.88. The second-order valence-corrected chi connectivity index (χ2v) is 5.18. The Morgan fingerprint density at radius 2 is 1.85 bits per heavy atom. The Morgan fingerprint density at radius 3 is 2.54 bits per heavy atom. The lowest BCUT2D eigenvalue weighted by Gasteiger charge is -2.08. The van der Waals surface area contributed by atoms with Gasteiger partial charge in [0.1, 0.15) is 11.5 Å². The van der Waals surface area contributed by atoms with Crippen molar-refractivity contribution in [1.82, 2.24) is 9.78 Å². The van der Waals surface area contributed by atoms with Gasteiger partial charge in [0, 0.05) is 18.2 Å². The number of halogens is 1. The quantitative estimate of drug-likeness (QED) is 0.572. The second kappa shape index (κ2) is 6.93. The summed E-state index contributed by atoms with van der Waals surface area (Å²) in [6, 6.07) is 13.5. The van der Waals surface area contributed by atoms with Crippen LogP contribution in [0.3, 0.4) is 0 Å². The largest absolute Gasteiger partial charge is 0.318 e. The Labute approximate surface area is 145 Å². The van der Waals surface area contributed by atoms with Crippen LogP contribution in [0.4, 0.5) is 15.8 Å².